The number of nitrogens with two attached hydrogens (primary N) is 1. The minimum absolute atomic E-state index is 0.128. The maximum Gasteiger partial charge on any atom is 0.140 e. The summed E-state index contributed by atoms with van der Waals surface area (Å²) in [7, 11) is 0. The zero-order chi connectivity index (χ0) is 9.68. The van der Waals surface area contributed by atoms with Crippen LogP contribution in [0.1, 0.15) is 45.4 Å². The quantitative estimate of drug-likeness (QED) is 0.725. The van der Waals surface area contributed by atoms with Gasteiger partial charge in [0.2, 0.25) is 0 Å². The first-order valence-corrected chi connectivity index (χ1v) is 5.53. The van der Waals surface area contributed by atoms with Crippen LogP contribution in [0, 0.1) is 11.8 Å². The van der Waals surface area contributed by atoms with Gasteiger partial charge in [-0.1, -0.05) is 26.2 Å². The van der Waals surface area contributed by atoms with Crippen LogP contribution in [0.15, 0.2) is 0 Å². The van der Waals surface area contributed by atoms with E-state index in [1.54, 1.807) is 0 Å². The fourth-order valence-electron chi connectivity index (χ4n) is 2.20. The molecule has 13 heavy (non-hydrogen) atoms. The molecule has 0 spiro atoms. The Morgan fingerprint density at radius 2 is 2.00 bits per heavy atom. The first-order valence-electron chi connectivity index (χ1n) is 5.53. The molecular weight excluding hydrogens is 162 g/mol. The second-order valence-electron chi connectivity index (χ2n) is 4.08. The fraction of sp³-hybridized carbons (Fsp3) is 0.909. The van der Waals surface area contributed by atoms with Crippen molar-refractivity contribution in [1.29, 1.82) is 0 Å². The van der Waals surface area contributed by atoms with Crippen LogP contribution < -0.4 is 5.73 Å². The van der Waals surface area contributed by atoms with Crippen LogP contribution in [-0.4, -0.2) is 12.3 Å². The molecule has 1 unspecified atom stereocenters. The second kappa shape index (κ2) is 5.38. The van der Waals surface area contributed by atoms with Crippen molar-refractivity contribution >= 4 is 5.78 Å². The van der Waals surface area contributed by atoms with Crippen molar-refractivity contribution in [3.8, 4) is 0 Å². The largest absolute Gasteiger partial charge is 0.330 e. The highest BCUT2D eigenvalue weighted by atomic mass is 16.1. The van der Waals surface area contributed by atoms with E-state index in [4.69, 9.17) is 5.73 Å². The van der Waals surface area contributed by atoms with E-state index in [-0.39, 0.29) is 5.92 Å². The third-order valence-corrected chi connectivity index (χ3v) is 3.19. The van der Waals surface area contributed by atoms with Crippen LogP contribution in [0.2, 0.25) is 0 Å². The van der Waals surface area contributed by atoms with Crippen LogP contribution in [0.25, 0.3) is 0 Å². The minimum atomic E-state index is 0.128. The molecule has 0 aliphatic heterocycles. The van der Waals surface area contributed by atoms with Crippen molar-refractivity contribution in [3.05, 3.63) is 0 Å². The van der Waals surface area contributed by atoms with Gasteiger partial charge in [0, 0.05) is 18.4 Å². The molecule has 0 bridgehead atoms. The molecule has 1 rings (SSSR count). The Kier molecular flexibility index (Phi) is 4.43. The summed E-state index contributed by atoms with van der Waals surface area (Å²) >= 11 is 0. The summed E-state index contributed by atoms with van der Waals surface area (Å²) < 4.78 is 0. The number of carbonyl (C=O) groups excluding carboxylic acids is 1. The maximum absolute atomic E-state index is 11.9. The molecule has 2 N–H and O–H groups in total. The lowest BCUT2D eigenvalue weighted by molar-refractivity contribution is -0.127. The Morgan fingerprint density at radius 1 is 1.38 bits per heavy atom. The number of hydrogen-bond donors (Lipinski definition) is 1. The SMILES string of the molecule is CCC(CN)C(=O)C1CCCCC1. The molecule has 1 fully saturated rings. The predicted molar refractivity (Wildman–Crippen MR) is 54.4 cm³/mol. The standard InChI is InChI=1S/C11H21NO/c1-2-9(8-12)11(13)10-6-4-3-5-7-10/h9-10H,2-8,12H2,1H3. The van der Waals surface area contributed by atoms with Crippen LogP contribution in [0.5, 0.6) is 0 Å². The van der Waals surface area contributed by atoms with Gasteiger partial charge in [-0.25, -0.2) is 0 Å². The average Bonchev–Trinajstić information content (AvgIpc) is 2.21. The first-order chi connectivity index (χ1) is 6.29. The Morgan fingerprint density at radius 3 is 2.46 bits per heavy atom. The second-order valence-corrected chi connectivity index (χ2v) is 4.08. The molecule has 0 aromatic carbocycles. The van der Waals surface area contributed by atoms with Gasteiger partial charge in [0.25, 0.3) is 0 Å². The Balaban J connectivity index is 2.44. The monoisotopic (exact) mass is 183 g/mol. The summed E-state index contributed by atoms with van der Waals surface area (Å²) in [6.07, 6.45) is 6.90. The lowest BCUT2D eigenvalue weighted by atomic mass is 9.81. The average molecular weight is 183 g/mol. The molecule has 1 aliphatic rings. The topological polar surface area (TPSA) is 43.1 Å². The van der Waals surface area contributed by atoms with Gasteiger partial charge in [-0.05, 0) is 19.3 Å². The summed E-state index contributed by atoms with van der Waals surface area (Å²) in [6.45, 7) is 2.59. The van der Waals surface area contributed by atoms with E-state index >= 15 is 0 Å². The van der Waals surface area contributed by atoms with E-state index in [9.17, 15) is 4.79 Å². The van der Waals surface area contributed by atoms with E-state index in [0.29, 0.717) is 18.2 Å². The molecule has 0 aromatic rings. The molecule has 0 saturated heterocycles. The molecule has 1 aliphatic carbocycles. The lowest BCUT2D eigenvalue weighted by Crippen LogP contribution is -2.30. The summed E-state index contributed by atoms with van der Waals surface area (Å²) in [4.78, 5) is 11.9. The van der Waals surface area contributed by atoms with Crippen LogP contribution in [0.4, 0.5) is 0 Å². The Labute approximate surface area is 80.9 Å². The van der Waals surface area contributed by atoms with Gasteiger partial charge in [0.05, 0.1) is 0 Å². The molecular formula is C11H21NO. The minimum Gasteiger partial charge on any atom is -0.330 e. The molecule has 1 atom stereocenters. The van der Waals surface area contributed by atoms with Gasteiger partial charge in [0.1, 0.15) is 5.78 Å². The van der Waals surface area contributed by atoms with E-state index in [0.717, 1.165) is 19.3 Å². The van der Waals surface area contributed by atoms with Crippen LogP contribution >= 0.6 is 0 Å². The van der Waals surface area contributed by atoms with Crippen molar-refractivity contribution in [1.82, 2.24) is 0 Å². The third kappa shape index (κ3) is 2.80. The van der Waals surface area contributed by atoms with E-state index in [1.165, 1.54) is 19.3 Å². The highest BCUT2D eigenvalue weighted by molar-refractivity contribution is 5.83. The third-order valence-electron chi connectivity index (χ3n) is 3.19. The van der Waals surface area contributed by atoms with Crippen molar-refractivity contribution in [2.45, 2.75) is 45.4 Å². The molecule has 2 heteroatoms. The molecule has 1 saturated carbocycles. The molecule has 0 heterocycles. The van der Waals surface area contributed by atoms with E-state index in [1.807, 2.05) is 0 Å². The zero-order valence-corrected chi connectivity index (χ0v) is 8.59. The Hall–Kier alpha value is -0.370. The normalized spacial score (nSPS) is 21.4. The number of rotatable bonds is 4. The van der Waals surface area contributed by atoms with Crippen LogP contribution in [-0.2, 0) is 4.79 Å². The van der Waals surface area contributed by atoms with Gasteiger partial charge in [-0.2, -0.15) is 0 Å². The molecule has 2 nitrogen and oxygen atoms in total. The number of carbonyl (C=O) groups is 1. The van der Waals surface area contributed by atoms with E-state index < -0.39 is 0 Å². The summed E-state index contributed by atoms with van der Waals surface area (Å²) in [5.74, 6) is 0.898. The van der Waals surface area contributed by atoms with Crippen molar-refractivity contribution in [2.24, 2.45) is 17.6 Å². The molecule has 0 amide bonds. The summed E-state index contributed by atoms with van der Waals surface area (Å²) in [5, 5.41) is 0. The highest BCUT2D eigenvalue weighted by Crippen LogP contribution is 2.27. The molecule has 76 valence electrons. The zero-order valence-electron chi connectivity index (χ0n) is 8.59. The number of Topliss-reactive ketones (excluding diaryl/α,β-unsaturated/α-hetero) is 1. The summed E-state index contributed by atoms with van der Waals surface area (Å²) in [5.41, 5.74) is 5.57. The van der Waals surface area contributed by atoms with Gasteiger partial charge in [-0.3, -0.25) is 4.79 Å². The Bertz CT molecular complexity index is 157. The molecule has 0 radical (unpaired) electrons. The van der Waals surface area contributed by atoms with Gasteiger partial charge < -0.3 is 5.73 Å². The maximum atomic E-state index is 11.9. The molecule has 0 aromatic heterocycles. The van der Waals surface area contributed by atoms with Crippen molar-refractivity contribution in [3.63, 3.8) is 0 Å². The predicted octanol–water partition coefficient (Wildman–Crippen LogP) is 2.12. The summed E-state index contributed by atoms with van der Waals surface area (Å²) in [6, 6.07) is 0. The number of hydrogen-bond acceptors (Lipinski definition) is 2. The van der Waals surface area contributed by atoms with Gasteiger partial charge in [0.15, 0.2) is 0 Å². The lowest BCUT2D eigenvalue weighted by Gasteiger charge is -2.23. The van der Waals surface area contributed by atoms with Crippen molar-refractivity contribution in [2.75, 3.05) is 6.54 Å². The van der Waals surface area contributed by atoms with Crippen LogP contribution in [0.3, 0.4) is 0 Å². The first kappa shape index (κ1) is 10.7. The van der Waals surface area contributed by atoms with Crippen molar-refractivity contribution < 1.29 is 4.79 Å². The fourth-order valence-corrected chi connectivity index (χ4v) is 2.20. The van der Waals surface area contributed by atoms with E-state index in [2.05, 4.69) is 6.92 Å². The smallest absolute Gasteiger partial charge is 0.140 e. The van der Waals surface area contributed by atoms with Gasteiger partial charge >= 0.3 is 0 Å². The van der Waals surface area contributed by atoms with Gasteiger partial charge in [-0.15, -0.1) is 0 Å². The highest BCUT2D eigenvalue weighted by Gasteiger charge is 2.25. The number of ketones is 1.